The van der Waals surface area contributed by atoms with E-state index in [1.54, 1.807) is 6.20 Å². The lowest BCUT2D eigenvalue weighted by Gasteiger charge is -2.10. The van der Waals surface area contributed by atoms with Gasteiger partial charge in [-0.05, 0) is 36.2 Å². The minimum Gasteiger partial charge on any atom is -0.264 e. The van der Waals surface area contributed by atoms with Crippen LogP contribution in [0.4, 0.5) is 0 Å². The first kappa shape index (κ1) is 11.6. The summed E-state index contributed by atoms with van der Waals surface area (Å²) in [5.74, 6) is 0. The molecule has 92 valence electrons. The number of aromatic nitrogens is 2. The predicted molar refractivity (Wildman–Crippen MR) is 77.6 cm³/mol. The Balaban J connectivity index is 2.15. The summed E-state index contributed by atoms with van der Waals surface area (Å²) in [6.45, 7) is 2.13. The average molecular weight is 246 g/mol. The highest BCUT2D eigenvalue weighted by atomic mass is 14.7. The van der Waals surface area contributed by atoms with E-state index in [-0.39, 0.29) is 0 Å². The molecule has 2 heterocycles. The molecule has 0 amide bonds. The Morgan fingerprint density at radius 2 is 1.68 bits per heavy atom. The van der Waals surface area contributed by atoms with Gasteiger partial charge in [-0.2, -0.15) is 0 Å². The van der Waals surface area contributed by atoms with E-state index in [0.29, 0.717) is 0 Å². The van der Waals surface area contributed by atoms with E-state index in [0.717, 1.165) is 11.3 Å². The maximum absolute atomic E-state index is 4.43. The Hall–Kier alpha value is -2.48. The zero-order valence-corrected chi connectivity index (χ0v) is 10.7. The van der Waals surface area contributed by atoms with Crippen molar-refractivity contribution in [1.29, 1.82) is 0 Å². The lowest BCUT2D eigenvalue weighted by atomic mass is 9.96. The molecule has 0 aliphatic carbocycles. The molecule has 0 radical (unpaired) electrons. The molecule has 2 nitrogen and oxygen atoms in total. The van der Waals surface area contributed by atoms with Crippen LogP contribution in [0.1, 0.15) is 5.56 Å². The van der Waals surface area contributed by atoms with Crippen LogP contribution in [-0.4, -0.2) is 9.97 Å². The summed E-state index contributed by atoms with van der Waals surface area (Å²) in [6.07, 6.45) is 5.51. The summed E-state index contributed by atoms with van der Waals surface area (Å²) in [5, 5.41) is 0. The average Bonchev–Trinajstić information content (AvgIpc) is 2.49. The Bertz CT molecular complexity index is 618. The molecular weight excluding hydrogens is 232 g/mol. The molecule has 0 bridgehead atoms. The third-order valence-electron chi connectivity index (χ3n) is 3.25. The van der Waals surface area contributed by atoms with Gasteiger partial charge in [-0.15, -0.1) is 0 Å². The summed E-state index contributed by atoms with van der Waals surface area (Å²) in [7, 11) is 0. The Kier molecular flexibility index (Phi) is 3.07. The van der Waals surface area contributed by atoms with Gasteiger partial charge in [0.05, 0.1) is 5.69 Å². The van der Waals surface area contributed by atoms with Gasteiger partial charge in [0, 0.05) is 29.7 Å². The van der Waals surface area contributed by atoms with E-state index in [4.69, 9.17) is 0 Å². The fourth-order valence-electron chi connectivity index (χ4n) is 2.27. The molecule has 2 aromatic heterocycles. The maximum atomic E-state index is 4.43. The van der Waals surface area contributed by atoms with Gasteiger partial charge >= 0.3 is 0 Å². The second-order valence-electron chi connectivity index (χ2n) is 4.43. The monoisotopic (exact) mass is 246 g/mol. The zero-order valence-electron chi connectivity index (χ0n) is 10.7. The third-order valence-corrected chi connectivity index (χ3v) is 3.25. The number of benzene rings is 1. The van der Waals surface area contributed by atoms with Crippen LogP contribution in [0.2, 0.25) is 0 Å². The Labute approximate surface area is 112 Å². The molecule has 0 aliphatic rings. The van der Waals surface area contributed by atoms with Gasteiger partial charge in [0.15, 0.2) is 0 Å². The van der Waals surface area contributed by atoms with E-state index in [2.05, 4.69) is 41.2 Å². The SMILES string of the molecule is Cc1c(-c2cccnc2)cccc1-c1ccccn1. The molecule has 0 unspecified atom stereocenters. The molecule has 2 heteroatoms. The van der Waals surface area contributed by atoms with Gasteiger partial charge in [0.1, 0.15) is 0 Å². The van der Waals surface area contributed by atoms with Crippen LogP contribution >= 0.6 is 0 Å². The topological polar surface area (TPSA) is 25.8 Å². The van der Waals surface area contributed by atoms with Crippen molar-refractivity contribution in [3.63, 3.8) is 0 Å². The number of rotatable bonds is 2. The standard InChI is InChI=1S/C17H14N2/c1-13-15(14-6-5-10-18-12-14)7-4-8-16(13)17-9-2-3-11-19-17/h2-12H,1H3. The maximum Gasteiger partial charge on any atom is 0.0704 e. The summed E-state index contributed by atoms with van der Waals surface area (Å²) in [6, 6.07) is 16.3. The normalized spacial score (nSPS) is 10.4. The van der Waals surface area contributed by atoms with Crippen molar-refractivity contribution in [3.05, 3.63) is 72.7 Å². The van der Waals surface area contributed by atoms with Crippen LogP contribution in [-0.2, 0) is 0 Å². The molecule has 0 saturated carbocycles. The molecule has 0 atom stereocenters. The van der Waals surface area contributed by atoms with E-state index >= 15 is 0 Å². The third kappa shape index (κ3) is 2.25. The summed E-state index contributed by atoms with van der Waals surface area (Å²) < 4.78 is 0. The largest absolute Gasteiger partial charge is 0.264 e. The highest BCUT2D eigenvalue weighted by Crippen LogP contribution is 2.30. The fourth-order valence-corrected chi connectivity index (χ4v) is 2.27. The molecule has 0 N–H and O–H groups in total. The molecular formula is C17H14N2. The number of nitrogens with zero attached hydrogens (tertiary/aromatic N) is 2. The first-order chi connectivity index (χ1) is 9.36. The molecule has 19 heavy (non-hydrogen) atoms. The molecule has 3 aromatic rings. The van der Waals surface area contributed by atoms with Gasteiger partial charge in [-0.25, -0.2) is 0 Å². The van der Waals surface area contributed by atoms with Crippen molar-refractivity contribution in [3.8, 4) is 22.4 Å². The van der Waals surface area contributed by atoms with Gasteiger partial charge in [0.2, 0.25) is 0 Å². The van der Waals surface area contributed by atoms with E-state index in [9.17, 15) is 0 Å². The summed E-state index contributed by atoms with van der Waals surface area (Å²) in [5.41, 5.74) is 5.75. The Morgan fingerprint density at radius 1 is 0.789 bits per heavy atom. The van der Waals surface area contributed by atoms with Gasteiger partial charge in [-0.1, -0.05) is 30.3 Å². The highest BCUT2D eigenvalue weighted by molar-refractivity contribution is 5.76. The van der Waals surface area contributed by atoms with Crippen LogP contribution in [0.5, 0.6) is 0 Å². The quantitative estimate of drug-likeness (QED) is 0.679. The Morgan fingerprint density at radius 3 is 2.42 bits per heavy atom. The van der Waals surface area contributed by atoms with Gasteiger partial charge in [0.25, 0.3) is 0 Å². The summed E-state index contributed by atoms with van der Waals surface area (Å²) >= 11 is 0. The number of hydrogen-bond acceptors (Lipinski definition) is 2. The van der Waals surface area contributed by atoms with Crippen LogP contribution in [0.25, 0.3) is 22.4 Å². The van der Waals surface area contributed by atoms with Gasteiger partial charge < -0.3 is 0 Å². The second kappa shape index (κ2) is 5.02. The van der Waals surface area contributed by atoms with E-state index < -0.39 is 0 Å². The van der Waals surface area contributed by atoms with Crippen molar-refractivity contribution < 1.29 is 0 Å². The predicted octanol–water partition coefficient (Wildman–Crippen LogP) is 4.12. The minimum atomic E-state index is 1.01. The second-order valence-corrected chi connectivity index (χ2v) is 4.43. The molecule has 0 spiro atoms. The van der Waals surface area contributed by atoms with Crippen molar-refractivity contribution in [2.75, 3.05) is 0 Å². The molecule has 0 aliphatic heterocycles. The number of hydrogen-bond donors (Lipinski definition) is 0. The number of pyridine rings is 2. The smallest absolute Gasteiger partial charge is 0.0704 e. The molecule has 0 fully saturated rings. The summed E-state index contributed by atoms with van der Waals surface area (Å²) in [4.78, 5) is 8.62. The van der Waals surface area contributed by atoms with Crippen molar-refractivity contribution >= 4 is 0 Å². The van der Waals surface area contributed by atoms with Crippen molar-refractivity contribution in [2.24, 2.45) is 0 Å². The van der Waals surface area contributed by atoms with Gasteiger partial charge in [-0.3, -0.25) is 9.97 Å². The lowest BCUT2D eigenvalue weighted by Crippen LogP contribution is -1.90. The molecule has 3 rings (SSSR count). The van der Waals surface area contributed by atoms with E-state index in [1.165, 1.54) is 16.7 Å². The van der Waals surface area contributed by atoms with Crippen LogP contribution in [0.15, 0.2) is 67.1 Å². The van der Waals surface area contributed by atoms with Crippen LogP contribution in [0, 0.1) is 6.92 Å². The lowest BCUT2D eigenvalue weighted by molar-refractivity contribution is 1.29. The zero-order chi connectivity index (χ0) is 13.1. The van der Waals surface area contributed by atoms with Crippen molar-refractivity contribution in [2.45, 2.75) is 6.92 Å². The first-order valence-corrected chi connectivity index (χ1v) is 6.27. The molecule has 1 aromatic carbocycles. The first-order valence-electron chi connectivity index (χ1n) is 6.27. The fraction of sp³-hybridized carbons (Fsp3) is 0.0588. The molecule has 0 saturated heterocycles. The van der Waals surface area contributed by atoms with Crippen molar-refractivity contribution in [1.82, 2.24) is 9.97 Å². The minimum absolute atomic E-state index is 1.01. The van der Waals surface area contributed by atoms with Crippen LogP contribution in [0.3, 0.4) is 0 Å². The van der Waals surface area contributed by atoms with E-state index in [1.807, 2.05) is 36.7 Å². The highest BCUT2D eigenvalue weighted by Gasteiger charge is 2.08. The van der Waals surface area contributed by atoms with Crippen LogP contribution < -0.4 is 0 Å².